The molecule has 2 N–H and O–H groups in total. The predicted molar refractivity (Wildman–Crippen MR) is 108 cm³/mol. The van der Waals surface area contributed by atoms with Crippen molar-refractivity contribution in [2.75, 3.05) is 0 Å². The summed E-state index contributed by atoms with van der Waals surface area (Å²) in [6.45, 7) is 3.91. The third-order valence-corrected chi connectivity index (χ3v) is 4.45. The van der Waals surface area contributed by atoms with E-state index in [4.69, 9.17) is 0 Å². The largest absolute Gasteiger partial charge is 0.372 e. The second kappa shape index (κ2) is 7.98. The molecule has 0 radical (unpaired) electrons. The van der Waals surface area contributed by atoms with Crippen LogP contribution < -0.4 is 5.43 Å². The Morgan fingerprint density at radius 2 is 1.33 bits per heavy atom. The van der Waals surface area contributed by atoms with E-state index in [0.717, 1.165) is 16.7 Å². The summed E-state index contributed by atoms with van der Waals surface area (Å²) in [6, 6.07) is 24.0. The minimum Gasteiger partial charge on any atom is -0.372 e. The zero-order valence-corrected chi connectivity index (χ0v) is 15.4. The summed E-state index contributed by atoms with van der Waals surface area (Å²) in [5.74, 6) is -0.609. The average Bonchev–Trinajstić information content (AvgIpc) is 2.69. The van der Waals surface area contributed by atoms with Crippen LogP contribution in [0, 0.1) is 13.8 Å². The van der Waals surface area contributed by atoms with Crippen molar-refractivity contribution < 1.29 is 9.90 Å². The molecule has 0 aliphatic heterocycles. The molecule has 0 aliphatic carbocycles. The monoisotopic (exact) mass is 358 g/mol. The lowest BCUT2D eigenvalue weighted by atomic mass is 9.85. The van der Waals surface area contributed by atoms with Crippen molar-refractivity contribution in [2.24, 2.45) is 5.10 Å². The van der Waals surface area contributed by atoms with Crippen LogP contribution in [0.25, 0.3) is 0 Å². The molecule has 0 aromatic heterocycles. The highest BCUT2D eigenvalue weighted by Gasteiger charge is 2.40. The molecule has 136 valence electrons. The van der Waals surface area contributed by atoms with Crippen LogP contribution in [0.15, 0.2) is 84.0 Å². The summed E-state index contributed by atoms with van der Waals surface area (Å²) in [7, 11) is 0. The molecule has 0 aliphatic rings. The van der Waals surface area contributed by atoms with E-state index in [2.05, 4.69) is 10.5 Å². The maximum atomic E-state index is 13.0. The molecule has 3 rings (SSSR count). The Morgan fingerprint density at radius 1 is 0.852 bits per heavy atom. The van der Waals surface area contributed by atoms with Gasteiger partial charge in [-0.15, -0.1) is 0 Å². The highest BCUT2D eigenvalue weighted by molar-refractivity contribution is 5.91. The summed E-state index contributed by atoms with van der Waals surface area (Å²) in [5, 5.41) is 15.4. The Balaban J connectivity index is 1.93. The van der Waals surface area contributed by atoms with Crippen LogP contribution in [0.3, 0.4) is 0 Å². The van der Waals surface area contributed by atoms with Crippen LogP contribution in [-0.2, 0) is 10.4 Å². The molecule has 0 atom stereocenters. The van der Waals surface area contributed by atoms with Crippen molar-refractivity contribution in [1.29, 1.82) is 0 Å². The molecule has 0 saturated carbocycles. The van der Waals surface area contributed by atoms with E-state index >= 15 is 0 Å². The van der Waals surface area contributed by atoms with Gasteiger partial charge in [0.15, 0.2) is 5.60 Å². The van der Waals surface area contributed by atoms with Gasteiger partial charge in [-0.3, -0.25) is 4.79 Å². The number of hydrogen-bond donors (Lipinski definition) is 2. The molecule has 1 amide bonds. The first kappa shape index (κ1) is 18.5. The molecule has 0 heterocycles. The highest BCUT2D eigenvalue weighted by atomic mass is 16.3. The quantitative estimate of drug-likeness (QED) is 0.540. The molecule has 0 fully saturated rings. The predicted octanol–water partition coefficient (Wildman–Crippen LogP) is 3.69. The van der Waals surface area contributed by atoms with Crippen molar-refractivity contribution in [1.82, 2.24) is 5.43 Å². The lowest BCUT2D eigenvalue weighted by molar-refractivity contribution is -0.136. The normalized spacial score (nSPS) is 11.5. The lowest BCUT2D eigenvalue weighted by Crippen LogP contribution is -2.43. The van der Waals surface area contributed by atoms with Gasteiger partial charge < -0.3 is 5.11 Å². The molecule has 3 aromatic rings. The van der Waals surface area contributed by atoms with Crippen LogP contribution >= 0.6 is 0 Å². The van der Waals surface area contributed by atoms with Gasteiger partial charge >= 0.3 is 0 Å². The number of hydrazone groups is 1. The highest BCUT2D eigenvalue weighted by Crippen LogP contribution is 2.30. The first-order valence-electron chi connectivity index (χ1n) is 8.75. The van der Waals surface area contributed by atoms with Gasteiger partial charge in [-0.25, -0.2) is 5.43 Å². The fourth-order valence-electron chi connectivity index (χ4n) is 2.80. The third-order valence-electron chi connectivity index (χ3n) is 4.45. The zero-order valence-electron chi connectivity index (χ0n) is 15.4. The second-order valence-corrected chi connectivity index (χ2v) is 6.55. The fourth-order valence-corrected chi connectivity index (χ4v) is 2.80. The Labute approximate surface area is 159 Å². The number of carbonyl (C=O) groups excluding carboxylic acids is 1. The third kappa shape index (κ3) is 4.13. The van der Waals surface area contributed by atoms with E-state index in [1.165, 1.54) is 0 Å². The molecule has 0 unspecified atom stereocenters. The van der Waals surface area contributed by atoms with E-state index < -0.39 is 11.5 Å². The number of aryl methyl sites for hydroxylation is 2. The maximum absolute atomic E-state index is 13.0. The molecule has 3 aromatic carbocycles. The molecular weight excluding hydrogens is 336 g/mol. The van der Waals surface area contributed by atoms with Gasteiger partial charge in [-0.1, -0.05) is 90.0 Å². The van der Waals surface area contributed by atoms with Crippen LogP contribution in [0.1, 0.15) is 27.8 Å². The number of hydrogen-bond acceptors (Lipinski definition) is 3. The second-order valence-electron chi connectivity index (χ2n) is 6.55. The molecule has 4 nitrogen and oxygen atoms in total. The molecule has 0 bridgehead atoms. The first-order valence-corrected chi connectivity index (χ1v) is 8.75. The average molecular weight is 358 g/mol. The van der Waals surface area contributed by atoms with Crippen LogP contribution in [-0.4, -0.2) is 17.2 Å². The minimum atomic E-state index is -1.84. The van der Waals surface area contributed by atoms with E-state index in [1.54, 1.807) is 30.5 Å². The molecule has 0 spiro atoms. The lowest BCUT2D eigenvalue weighted by Gasteiger charge is -2.27. The van der Waals surface area contributed by atoms with Gasteiger partial charge in [0.2, 0.25) is 0 Å². The van der Waals surface area contributed by atoms with Crippen molar-refractivity contribution >= 4 is 12.1 Å². The molecule has 27 heavy (non-hydrogen) atoms. The fraction of sp³-hybridized carbons (Fsp3) is 0.130. The molecular formula is C23H22N2O2. The molecule has 4 heteroatoms. The van der Waals surface area contributed by atoms with Gasteiger partial charge in [0.05, 0.1) is 6.21 Å². The summed E-state index contributed by atoms with van der Waals surface area (Å²) in [4.78, 5) is 13.0. The van der Waals surface area contributed by atoms with Crippen molar-refractivity contribution in [3.63, 3.8) is 0 Å². The van der Waals surface area contributed by atoms with Crippen molar-refractivity contribution in [2.45, 2.75) is 19.4 Å². The van der Waals surface area contributed by atoms with Crippen LogP contribution in [0.2, 0.25) is 0 Å². The summed E-state index contributed by atoms with van der Waals surface area (Å²) < 4.78 is 0. The van der Waals surface area contributed by atoms with E-state index in [0.29, 0.717) is 11.1 Å². The van der Waals surface area contributed by atoms with E-state index in [9.17, 15) is 9.90 Å². The van der Waals surface area contributed by atoms with Gasteiger partial charge in [-0.2, -0.15) is 5.10 Å². The van der Waals surface area contributed by atoms with Gasteiger partial charge in [0, 0.05) is 0 Å². The van der Waals surface area contributed by atoms with E-state index in [-0.39, 0.29) is 0 Å². The number of benzene rings is 3. The standard InChI is InChI=1S/C23H22N2O2/c1-17-8-12-20(13-9-17)23(27,21-14-10-18(2)11-15-21)22(26)25-24-16-19-6-4-3-5-7-19/h3-16,27H,1-2H3,(H,25,26). The first-order chi connectivity index (χ1) is 13.0. The zero-order chi connectivity index (χ0) is 19.3. The van der Waals surface area contributed by atoms with Crippen LogP contribution in [0.5, 0.6) is 0 Å². The smallest absolute Gasteiger partial charge is 0.281 e. The number of rotatable bonds is 5. The number of carbonyl (C=O) groups is 1. The van der Waals surface area contributed by atoms with Crippen LogP contribution in [0.4, 0.5) is 0 Å². The van der Waals surface area contributed by atoms with Gasteiger partial charge in [-0.05, 0) is 30.5 Å². The Bertz CT molecular complexity index is 885. The minimum absolute atomic E-state index is 0.490. The van der Waals surface area contributed by atoms with Gasteiger partial charge in [0.25, 0.3) is 5.91 Å². The number of nitrogens with one attached hydrogen (secondary N) is 1. The summed E-state index contributed by atoms with van der Waals surface area (Å²) in [6.07, 6.45) is 1.54. The summed E-state index contributed by atoms with van der Waals surface area (Å²) in [5.41, 5.74) is 4.57. The maximum Gasteiger partial charge on any atom is 0.281 e. The SMILES string of the molecule is Cc1ccc(C(O)(C(=O)NN=Cc2ccccc2)c2ccc(C)cc2)cc1. The van der Waals surface area contributed by atoms with E-state index in [1.807, 2.05) is 68.4 Å². The van der Waals surface area contributed by atoms with Gasteiger partial charge in [0.1, 0.15) is 0 Å². The number of aliphatic hydroxyl groups is 1. The molecule has 0 saturated heterocycles. The Kier molecular flexibility index (Phi) is 5.48. The summed E-state index contributed by atoms with van der Waals surface area (Å²) >= 11 is 0. The number of amides is 1. The van der Waals surface area contributed by atoms with Crippen molar-refractivity contribution in [3.8, 4) is 0 Å². The number of nitrogens with zero attached hydrogens (tertiary/aromatic N) is 1. The Hall–Kier alpha value is -3.24. The topological polar surface area (TPSA) is 61.7 Å². The van der Waals surface area contributed by atoms with Crippen molar-refractivity contribution in [3.05, 3.63) is 107 Å². The Morgan fingerprint density at radius 3 is 1.81 bits per heavy atom.